The number of carbonyl (C=O) groups excluding carboxylic acids is 1. The first-order valence-electron chi connectivity index (χ1n) is 8.39. The van der Waals surface area contributed by atoms with E-state index in [1.165, 1.54) is 43.2 Å². The molecule has 0 atom stereocenters. The van der Waals surface area contributed by atoms with Gasteiger partial charge in [-0.05, 0) is 44.2 Å². The molecule has 0 aromatic heterocycles. The van der Waals surface area contributed by atoms with E-state index >= 15 is 0 Å². The van der Waals surface area contributed by atoms with E-state index < -0.39 is 0 Å². The monoisotopic (exact) mass is 299 g/mol. The zero-order valence-electron chi connectivity index (χ0n) is 13.6. The van der Waals surface area contributed by atoms with Gasteiger partial charge in [-0.15, -0.1) is 0 Å². The van der Waals surface area contributed by atoms with Crippen molar-refractivity contribution in [3.8, 4) is 0 Å². The van der Waals surface area contributed by atoms with Crippen molar-refractivity contribution in [1.82, 2.24) is 0 Å². The first-order chi connectivity index (χ1) is 10.6. The first kappa shape index (κ1) is 15.1. The number of allylic oxidation sites excluding steroid dienone is 1. The molecule has 0 spiro atoms. The lowest BCUT2D eigenvalue weighted by Crippen LogP contribution is -2.17. The van der Waals surface area contributed by atoms with Crippen molar-refractivity contribution in [3.63, 3.8) is 0 Å². The van der Waals surface area contributed by atoms with Crippen LogP contribution in [0.2, 0.25) is 0 Å². The molecule has 3 rings (SSSR count). The molecule has 1 N–H and O–H groups in total. The van der Waals surface area contributed by atoms with E-state index in [0.717, 1.165) is 17.0 Å². The lowest BCUT2D eigenvalue weighted by atomic mass is 9.83. The molecule has 1 amide bonds. The summed E-state index contributed by atoms with van der Waals surface area (Å²) in [7, 11) is 0. The molecule has 0 bridgehead atoms. The van der Waals surface area contributed by atoms with Gasteiger partial charge in [-0.2, -0.15) is 0 Å². The summed E-state index contributed by atoms with van der Waals surface area (Å²) in [4.78, 5) is 12.5. The topological polar surface area (TPSA) is 38.3 Å². The maximum atomic E-state index is 12.5. The molecular weight excluding hydrogens is 274 g/mol. The van der Waals surface area contributed by atoms with E-state index in [-0.39, 0.29) is 5.91 Å². The Bertz CT molecular complexity index is 597. The van der Waals surface area contributed by atoms with Gasteiger partial charge < -0.3 is 10.1 Å². The predicted octanol–water partition coefficient (Wildman–Crippen LogP) is 4.68. The second-order valence-corrected chi connectivity index (χ2v) is 6.51. The second-order valence-electron chi connectivity index (χ2n) is 6.51. The van der Waals surface area contributed by atoms with Gasteiger partial charge in [0.2, 0.25) is 0 Å². The van der Waals surface area contributed by atoms with E-state index in [0.29, 0.717) is 18.9 Å². The van der Waals surface area contributed by atoms with E-state index in [9.17, 15) is 4.79 Å². The van der Waals surface area contributed by atoms with Gasteiger partial charge in [0, 0.05) is 12.1 Å². The maximum absolute atomic E-state index is 12.5. The van der Waals surface area contributed by atoms with Gasteiger partial charge >= 0.3 is 0 Å². The molecule has 1 aromatic rings. The van der Waals surface area contributed by atoms with Gasteiger partial charge in [-0.3, -0.25) is 4.79 Å². The molecule has 22 heavy (non-hydrogen) atoms. The van der Waals surface area contributed by atoms with Crippen LogP contribution in [0.4, 0.5) is 5.69 Å². The molecule has 0 radical (unpaired) electrons. The highest BCUT2D eigenvalue weighted by Gasteiger charge is 2.23. The van der Waals surface area contributed by atoms with Gasteiger partial charge in [0.1, 0.15) is 5.76 Å². The average molecular weight is 299 g/mol. The van der Waals surface area contributed by atoms with Crippen molar-refractivity contribution in [3.05, 3.63) is 40.7 Å². The number of hydrogen-bond acceptors (Lipinski definition) is 2. The third kappa shape index (κ3) is 3.18. The SMILES string of the molecule is CC1=C(C(=O)Nc2ccc(C)cc2C2CCCCC2)CCO1. The minimum Gasteiger partial charge on any atom is -0.497 e. The van der Waals surface area contributed by atoms with Gasteiger partial charge in [0.25, 0.3) is 5.91 Å². The van der Waals surface area contributed by atoms with Crippen molar-refractivity contribution >= 4 is 11.6 Å². The van der Waals surface area contributed by atoms with Crippen molar-refractivity contribution in [2.24, 2.45) is 0 Å². The lowest BCUT2D eigenvalue weighted by molar-refractivity contribution is -0.113. The Morgan fingerprint density at radius 3 is 2.64 bits per heavy atom. The predicted molar refractivity (Wildman–Crippen MR) is 88.9 cm³/mol. The van der Waals surface area contributed by atoms with Crippen LogP contribution in [0.1, 0.15) is 62.5 Å². The molecule has 1 heterocycles. The van der Waals surface area contributed by atoms with Crippen LogP contribution in [0.3, 0.4) is 0 Å². The Morgan fingerprint density at radius 1 is 1.18 bits per heavy atom. The Hall–Kier alpha value is -1.77. The van der Waals surface area contributed by atoms with Gasteiger partial charge in [-0.1, -0.05) is 37.0 Å². The summed E-state index contributed by atoms with van der Waals surface area (Å²) in [6, 6.07) is 6.38. The van der Waals surface area contributed by atoms with Crippen LogP contribution in [0.25, 0.3) is 0 Å². The molecule has 1 aliphatic carbocycles. The Labute approximate surface area is 132 Å². The largest absolute Gasteiger partial charge is 0.497 e. The molecule has 118 valence electrons. The number of anilines is 1. The summed E-state index contributed by atoms with van der Waals surface area (Å²) >= 11 is 0. The van der Waals surface area contributed by atoms with E-state index in [2.05, 4.69) is 30.4 Å². The lowest BCUT2D eigenvalue weighted by Gasteiger charge is -2.25. The molecule has 1 saturated carbocycles. The fraction of sp³-hybridized carbons (Fsp3) is 0.526. The van der Waals surface area contributed by atoms with Gasteiger partial charge in [-0.25, -0.2) is 0 Å². The first-order valence-corrected chi connectivity index (χ1v) is 8.39. The number of amides is 1. The molecule has 1 aromatic carbocycles. The molecule has 3 heteroatoms. The summed E-state index contributed by atoms with van der Waals surface area (Å²) in [5, 5.41) is 3.13. The van der Waals surface area contributed by atoms with Crippen molar-refractivity contribution in [2.75, 3.05) is 11.9 Å². The zero-order valence-corrected chi connectivity index (χ0v) is 13.6. The highest BCUT2D eigenvalue weighted by atomic mass is 16.5. The third-order valence-corrected chi connectivity index (χ3v) is 4.87. The number of rotatable bonds is 3. The molecule has 1 fully saturated rings. The number of carbonyl (C=O) groups is 1. The van der Waals surface area contributed by atoms with E-state index in [1.54, 1.807) is 0 Å². The summed E-state index contributed by atoms with van der Waals surface area (Å²) in [6.45, 7) is 4.62. The summed E-state index contributed by atoms with van der Waals surface area (Å²) in [6.07, 6.45) is 7.11. The van der Waals surface area contributed by atoms with Crippen LogP contribution < -0.4 is 5.32 Å². The highest BCUT2D eigenvalue weighted by molar-refractivity contribution is 6.04. The van der Waals surface area contributed by atoms with Crippen LogP contribution in [0.15, 0.2) is 29.5 Å². The minimum absolute atomic E-state index is 0.00378. The molecule has 0 unspecified atom stereocenters. The number of aryl methyl sites for hydroxylation is 1. The Morgan fingerprint density at radius 2 is 1.95 bits per heavy atom. The number of ether oxygens (including phenoxy) is 1. The smallest absolute Gasteiger partial charge is 0.255 e. The number of benzene rings is 1. The quantitative estimate of drug-likeness (QED) is 0.880. The van der Waals surface area contributed by atoms with Crippen LogP contribution >= 0.6 is 0 Å². The number of nitrogens with one attached hydrogen (secondary N) is 1. The molecule has 2 aliphatic rings. The van der Waals surface area contributed by atoms with Crippen LogP contribution in [-0.2, 0) is 9.53 Å². The Kier molecular flexibility index (Phi) is 4.51. The molecule has 1 aliphatic heterocycles. The summed E-state index contributed by atoms with van der Waals surface area (Å²) in [5.74, 6) is 1.35. The molecular formula is C19H25NO2. The summed E-state index contributed by atoms with van der Waals surface area (Å²) < 4.78 is 5.41. The number of hydrogen-bond donors (Lipinski definition) is 1. The van der Waals surface area contributed by atoms with Crippen LogP contribution in [0, 0.1) is 6.92 Å². The Balaban J connectivity index is 1.83. The van der Waals surface area contributed by atoms with Crippen LogP contribution in [0.5, 0.6) is 0 Å². The molecule has 3 nitrogen and oxygen atoms in total. The van der Waals surface area contributed by atoms with E-state index in [1.807, 2.05) is 6.92 Å². The third-order valence-electron chi connectivity index (χ3n) is 4.87. The summed E-state index contributed by atoms with van der Waals surface area (Å²) in [5.41, 5.74) is 4.34. The van der Waals surface area contributed by atoms with Crippen molar-refractivity contribution < 1.29 is 9.53 Å². The second kappa shape index (κ2) is 6.55. The molecule has 0 saturated heterocycles. The normalized spacial score (nSPS) is 19.2. The van der Waals surface area contributed by atoms with Gasteiger partial charge in [0.05, 0.1) is 12.2 Å². The fourth-order valence-corrected chi connectivity index (χ4v) is 3.59. The minimum atomic E-state index is -0.00378. The van der Waals surface area contributed by atoms with Crippen LogP contribution in [-0.4, -0.2) is 12.5 Å². The highest BCUT2D eigenvalue weighted by Crippen LogP contribution is 2.37. The van der Waals surface area contributed by atoms with Crippen molar-refractivity contribution in [2.45, 2.75) is 58.3 Å². The zero-order chi connectivity index (χ0) is 15.5. The maximum Gasteiger partial charge on any atom is 0.255 e. The van der Waals surface area contributed by atoms with Gasteiger partial charge in [0.15, 0.2) is 0 Å². The standard InChI is InChI=1S/C19H25NO2/c1-13-8-9-18(17(12-13)15-6-4-3-5-7-15)20-19(21)16-10-11-22-14(16)2/h8-9,12,15H,3-7,10-11H2,1-2H3,(H,20,21). The van der Waals surface area contributed by atoms with Crippen molar-refractivity contribution in [1.29, 1.82) is 0 Å². The van der Waals surface area contributed by atoms with E-state index in [4.69, 9.17) is 4.74 Å². The fourth-order valence-electron chi connectivity index (χ4n) is 3.59. The average Bonchev–Trinajstić information content (AvgIpc) is 2.96.